The van der Waals surface area contributed by atoms with Crippen LogP contribution in [0, 0.1) is 6.92 Å². The molecule has 3 aromatic carbocycles. The Morgan fingerprint density at radius 3 is 2.27 bits per heavy atom. The topological polar surface area (TPSA) is 76.3 Å². The van der Waals surface area contributed by atoms with Crippen molar-refractivity contribution in [2.75, 3.05) is 4.31 Å². The van der Waals surface area contributed by atoms with E-state index >= 15 is 0 Å². The van der Waals surface area contributed by atoms with Gasteiger partial charge in [-0.1, -0.05) is 66.6 Å². The SMILES string of the molecule is CCc1ccccc1N(Cc1nnc(Cc2ccc(Cl)cc2)o1)S(=O)(=O)c1ccc(C)cc1. The fourth-order valence-electron chi connectivity index (χ4n) is 3.51. The number of halogens is 1. The first-order valence-electron chi connectivity index (χ1n) is 10.6. The van der Waals surface area contributed by atoms with Gasteiger partial charge >= 0.3 is 0 Å². The largest absolute Gasteiger partial charge is 0.423 e. The predicted molar refractivity (Wildman–Crippen MR) is 129 cm³/mol. The third-order valence-corrected chi connectivity index (χ3v) is 7.33. The summed E-state index contributed by atoms with van der Waals surface area (Å²) >= 11 is 5.95. The monoisotopic (exact) mass is 481 g/mol. The molecule has 0 bridgehead atoms. The van der Waals surface area contributed by atoms with E-state index in [-0.39, 0.29) is 17.3 Å². The van der Waals surface area contributed by atoms with E-state index in [0.29, 0.717) is 29.4 Å². The molecule has 33 heavy (non-hydrogen) atoms. The van der Waals surface area contributed by atoms with E-state index in [0.717, 1.165) is 16.7 Å². The summed E-state index contributed by atoms with van der Waals surface area (Å²) in [7, 11) is -3.87. The Hall–Kier alpha value is -3.16. The molecule has 0 unspecified atom stereocenters. The van der Waals surface area contributed by atoms with Crippen LogP contribution in [0.5, 0.6) is 0 Å². The Labute approximate surface area is 198 Å². The number of hydrogen-bond acceptors (Lipinski definition) is 5. The zero-order chi connectivity index (χ0) is 23.4. The summed E-state index contributed by atoms with van der Waals surface area (Å²) in [4.78, 5) is 0.208. The molecule has 4 rings (SSSR count). The zero-order valence-corrected chi connectivity index (χ0v) is 20.0. The van der Waals surface area contributed by atoms with Gasteiger partial charge in [0.15, 0.2) is 0 Å². The minimum atomic E-state index is -3.87. The molecule has 4 aromatic rings. The molecular formula is C25H24ClN3O3S. The molecule has 0 atom stereocenters. The van der Waals surface area contributed by atoms with Crippen LogP contribution >= 0.6 is 11.6 Å². The molecule has 0 aliphatic heterocycles. The van der Waals surface area contributed by atoms with Crippen molar-refractivity contribution < 1.29 is 12.8 Å². The van der Waals surface area contributed by atoms with Crippen LogP contribution in [0.25, 0.3) is 0 Å². The number of hydrogen-bond donors (Lipinski definition) is 0. The van der Waals surface area contributed by atoms with E-state index in [1.54, 1.807) is 42.5 Å². The molecule has 170 valence electrons. The second kappa shape index (κ2) is 9.77. The summed E-state index contributed by atoms with van der Waals surface area (Å²) in [5.41, 5.74) is 3.46. The van der Waals surface area contributed by atoms with Crippen molar-refractivity contribution >= 4 is 27.3 Å². The van der Waals surface area contributed by atoms with Gasteiger partial charge in [0.2, 0.25) is 11.8 Å². The number of sulfonamides is 1. The predicted octanol–water partition coefficient (Wildman–Crippen LogP) is 5.58. The quantitative estimate of drug-likeness (QED) is 0.328. The van der Waals surface area contributed by atoms with Crippen molar-refractivity contribution in [1.29, 1.82) is 0 Å². The van der Waals surface area contributed by atoms with Crippen molar-refractivity contribution in [3.05, 3.63) is 106 Å². The van der Waals surface area contributed by atoms with Crippen LogP contribution in [0.2, 0.25) is 5.02 Å². The van der Waals surface area contributed by atoms with Gasteiger partial charge in [0, 0.05) is 5.02 Å². The minimum absolute atomic E-state index is 0.0686. The summed E-state index contributed by atoms with van der Waals surface area (Å²) in [6, 6.07) is 21.6. The van der Waals surface area contributed by atoms with Gasteiger partial charge in [-0.3, -0.25) is 4.31 Å². The van der Waals surface area contributed by atoms with E-state index < -0.39 is 10.0 Å². The molecule has 0 radical (unpaired) electrons. The van der Waals surface area contributed by atoms with Crippen LogP contribution in [0.1, 0.15) is 35.4 Å². The van der Waals surface area contributed by atoms with Gasteiger partial charge in [0.05, 0.1) is 17.0 Å². The minimum Gasteiger partial charge on any atom is -0.423 e. The molecule has 0 fully saturated rings. The molecule has 0 spiro atoms. The summed E-state index contributed by atoms with van der Waals surface area (Å²) in [5, 5.41) is 8.89. The summed E-state index contributed by atoms with van der Waals surface area (Å²) in [6.07, 6.45) is 1.11. The normalized spacial score (nSPS) is 11.5. The lowest BCUT2D eigenvalue weighted by molar-refractivity contribution is 0.458. The fraction of sp³-hybridized carbons (Fsp3) is 0.200. The van der Waals surface area contributed by atoms with Crippen molar-refractivity contribution in [2.45, 2.75) is 38.1 Å². The molecule has 0 saturated heterocycles. The van der Waals surface area contributed by atoms with E-state index in [2.05, 4.69) is 10.2 Å². The number of aromatic nitrogens is 2. The first-order chi connectivity index (χ1) is 15.9. The molecule has 0 N–H and O–H groups in total. The Morgan fingerprint density at radius 2 is 1.58 bits per heavy atom. The molecule has 0 aliphatic carbocycles. The summed E-state index contributed by atoms with van der Waals surface area (Å²) in [5.74, 6) is 0.629. The fourth-order valence-corrected chi connectivity index (χ4v) is 5.09. The van der Waals surface area contributed by atoms with E-state index in [1.165, 1.54) is 4.31 Å². The highest BCUT2D eigenvalue weighted by molar-refractivity contribution is 7.92. The molecule has 0 aliphatic rings. The van der Waals surface area contributed by atoms with E-state index in [1.807, 2.05) is 44.2 Å². The lowest BCUT2D eigenvalue weighted by atomic mass is 10.1. The lowest BCUT2D eigenvalue weighted by Crippen LogP contribution is -2.31. The number of anilines is 1. The Morgan fingerprint density at radius 1 is 0.909 bits per heavy atom. The highest BCUT2D eigenvalue weighted by atomic mass is 35.5. The van der Waals surface area contributed by atoms with Crippen molar-refractivity contribution in [1.82, 2.24) is 10.2 Å². The number of nitrogens with zero attached hydrogens (tertiary/aromatic N) is 3. The second-order valence-corrected chi connectivity index (χ2v) is 10.00. The number of benzene rings is 3. The average molecular weight is 482 g/mol. The lowest BCUT2D eigenvalue weighted by Gasteiger charge is -2.25. The maximum atomic E-state index is 13.7. The van der Waals surface area contributed by atoms with E-state index in [9.17, 15) is 8.42 Å². The highest BCUT2D eigenvalue weighted by Crippen LogP contribution is 2.29. The van der Waals surface area contributed by atoms with Gasteiger partial charge in [-0.05, 0) is 54.8 Å². The molecule has 6 nitrogen and oxygen atoms in total. The van der Waals surface area contributed by atoms with Gasteiger partial charge in [-0.25, -0.2) is 8.42 Å². The third-order valence-electron chi connectivity index (χ3n) is 5.31. The third kappa shape index (κ3) is 5.26. The van der Waals surface area contributed by atoms with E-state index in [4.69, 9.17) is 16.0 Å². The van der Waals surface area contributed by atoms with Gasteiger partial charge in [-0.15, -0.1) is 10.2 Å². The molecular weight excluding hydrogens is 458 g/mol. The molecule has 0 saturated carbocycles. The smallest absolute Gasteiger partial charge is 0.264 e. The Balaban J connectivity index is 1.68. The zero-order valence-electron chi connectivity index (χ0n) is 18.4. The van der Waals surface area contributed by atoms with Crippen molar-refractivity contribution in [2.24, 2.45) is 0 Å². The molecule has 1 heterocycles. The summed E-state index contributed by atoms with van der Waals surface area (Å²) < 4.78 is 34.5. The number of aryl methyl sites for hydroxylation is 2. The Bertz CT molecular complexity index is 1330. The average Bonchev–Trinajstić information content (AvgIpc) is 3.26. The van der Waals surface area contributed by atoms with Crippen LogP contribution in [-0.4, -0.2) is 18.6 Å². The first kappa shape index (κ1) is 23.0. The van der Waals surface area contributed by atoms with Crippen molar-refractivity contribution in [3.8, 4) is 0 Å². The maximum absolute atomic E-state index is 13.7. The van der Waals surface area contributed by atoms with Crippen LogP contribution < -0.4 is 4.31 Å². The number of para-hydroxylation sites is 1. The standard InChI is InChI=1S/C25H24ClN3O3S/c1-3-20-6-4-5-7-23(20)29(33(30,31)22-14-8-18(2)9-15-22)17-25-28-27-24(32-25)16-19-10-12-21(26)13-11-19/h4-15H,3,16-17H2,1-2H3. The van der Waals surface area contributed by atoms with Gasteiger partial charge in [0.25, 0.3) is 10.0 Å². The molecule has 8 heteroatoms. The van der Waals surface area contributed by atoms with Crippen LogP contribution in [0.3, 0.4) is 0 Å². The van der Waals surface area contributed by atoms with Gasteiger partial charge < -0.3 is 4.42 Å². The molecule has 0 amide bonds. The van der Waals surface area contributed by atoms with Gasteiger partial charge in [-0.2, -0.15) is 0 Å². The van der Waals surface area contributed by atoms with Crippen LogP contribution in [-0.2, 0) is 29.4 Å². The van der Waals surface area contributed by atoms with Gasteiger partial charge in [0.1, 0.15) is 6.54 Å². The maximum Gasteiger partial charge on any atom is 0.264 e. The second-order valence-electron chi connectivity index (χ2n) is 7.70. The molecule has 1 aromatic heterocycles. The number of rotatable bonds is 8. The van der Waals surface area contributed by atoms with Crippen LogP contribution in [0.15, 0.2) is 82.1 Å². The van der Waals surface area contributed by atoms with Crippen LogP contribution in [0.4, 0.5) is 5.69 Å². The summed E-state index contributed by atoms with van der Waals surface area (Å²) in [6.45, 7) is 3.84. The first-order valence-corrected chi connectivity index (χ1v) is 12.4. The highest BCUT2D eigenvalue weighted by Gasteiger charge is 2.28. The Kier molecular flexibility index (Phi) is 6.81. The van der Waals surface area contributed by atoms with Crippen molar-refractivity contribution in [3.63, 3.8) is 0 Å².